The molecule has 0 aromatic carbocycles. The van der Waals surface area contributed by atoms with Crippen LogP contribution in [0.3, 0.4) is 0 Å². The van der Waals surface area contributed by atoms with Crippen molar-refractivity contribution in [3.8, 4) is 0 Å². The molecule has 0 radical (unpaired) electrons. The minimum Gasteiger partial charge on any atom is -0.459 e. The lowest BCUT2D eigenvalue weighted by Crippen LogP contribution is -2.30. The standard InChI is InChI=1S/C6H6O3/c7-5-6(8)3-1-2-4-9-6/h1-5,8H. The number of aldehydes is 1. The second-order valence-corrected chi connectivity index (χ2v) is 1.68. The van der Waals surface area contributed by atoms with Crippen LogP contribution in [0.4, 0.5) is 0 Å². The van der Waals surface area contributed by atoms with Crippen LogP contribution in [-0.2, 0) is 9.53 Å². The van der Waals surface area contributed by atoms with Crippen molar-refractivity contribution < 1.29 is 14.6 Å². The molecule has 0 fully saturated rings. The fraction of sp³-hybridized carbons (Fsp3) is 0.167. The van der Waals surface area contributed by atoms with Gasteiger partial charge in [-0.3, -0.25) is 4.79 Å². The van der Waals surface area contributed by atoms with E-state index in [0.29, 0.717) is 6.29 Å². The third kappa shape index (κ3) is 1.17. The molecule has 1 N–H and O–H groups in total. The molecule has 0 amide bonds. The fourth-order valence-corrected chi connectivity index (χ4v) is 0.493. The van der Waals surface area contributed by atoms with Gasteiger partial charge in [-0.1, -0.05) is 6.08 Å². The van der Waals surface area contributed by atoms with Gasteiger partial charge in [0.15, 0.2) is 6.29 Å². The van der Waals surface area contributed by atoms with Crippen LogP contribution in [0.1, 0.15) is 0 Å². The maximum absolute atomic E-state index is 10.0. The number of hydrogen-bond acceptors (Lipinski definition) is 3. The first kappa shape index (κ1) is 6.04. The van der Waals surface area contributed by atoms with Crippen molar-refractivity contribution in [1.82, 2.24) is 0 Å². The SMILES string of the molecule is O=CC1(O)C=CC=CO1. The highest BCUT2D eigenvalue weighted by Gasteiger charge is 2.23. The molecule has 9 heavy (non-hydrogen) atoms. The summed E-state index contributed by atoms with van der Waals surface area (Å²) in [4.78, 5) is 10.0. The molecule has 0 bridgehead atoms. The molecule has 1 atom stereocenters. The van der Waals surface area contributed by atoms with Crippen molar-refractivity contribution in [1.29, 1.82) is 0 Å². The van der Waals surface area contributed by atoms with Gasteiger partial charge in [-0.15, -0.1) is 0 Å². The van der Waals surface area contributed by atoms with E-state index in [4.69, 9.17) is 5.11 Å². The smallest absolute Gasteiger partial charge is 0.284 e. The first-order valence-corrected chi connectivity index (χ1v) is 2.48. The Morgan fingerprint density at radius 3 is 2.67 bits per heavy atom. The Labute approximate surface area is 52.2 Å². The number of rotatable bonds is 1. The summed E-state index contributed by atoms with van der Waals surface area (Å²) < 4.78 is 4.53. The lowest BCUT2D eigenvalue weighted by Gasteiger charge is -2.17. The average Bonchev–Trinajstić information content (AvgIpc) is 1.90. The van der Waals surface area contributed by atoms with Gasteiger partial charge in [-0.05, 0) is 12.2 Å². The quantitative estimate of drug-likeness (QED) is 0.502. The van der Waals surface area contributed by atoms with Gasteiger partial charge in [0.25, 0.3) is 5.79 Å². The second kappa shape index (κ2) is 2.03. The van der Waals surface area contributed by atoms with E-state index in [9.17, 15) is 4.79 Å². The Morgan fingerprint density at radius 1 is 1.56 bits per heavy atom. The molecule has 3 nitrogen and oxygen atoms in total. The highest BCUT2D eigenvalue weighted by Crippen LogP contribution is 2.09. The largest absolute Gasteiger partial charge is 0.459 e. The highest BCUT2D eigenvalue weighted by molar-refractivity contribution is 5.63. The van der Waals surface area contributed by atoms with E-state index >= 15 is 0 Å². The van der Waals surface area contributed by atoms with Crippen molar-refractivity contribution >= 4 is 6.29 Å². The predicted molar refractivity (Wildman–Crippen MR) is 30.4 cm³/mol. The summed E-state index contributed by atoms with van der Waals surface area (Å²) in [6.07, 6.45) is 5.97. The van der Waals surface area contributed by atoms with Crippen LogP contribution in [-0.4, -0.2) is 17.2 Å². The van der Waals surface area contributed by atoms with Crippen LogP contribution in [0, 0.1) is 0 Å². The van der Waals surface area contributed by atoms with Crippen LogP contribution in [0.25, 0.3) is 0 Å². The van der Waals surface area contributed by atoms with Crippen molar-refractivity contribution in [3.05, 3.63) is 24.5 Å². The van der Waals surface area contributed by atoms with Crippen LogP contribution in [0.5, 0.6) is 0 Å². The Kier molecular flexibility index (Phi) is 1.36. The van der Waals surface area contributed by atoms with Gasteiger partial charge in [-0.2, -0.15) is 0 Å². The number of hydrogen-bond donors (Lipinski definition) is 1. The Bertz CT molecular complexity index is 171. The topological polar surface area (TPSA) is 46.5 Å². The number of ether oxygens (including phenoxy) is 1. The molecular weight excluding hydrogens is 120 g/mol. The number of allylic oxidation sites excluding steroid dienone is 2. The first-order chi connectivity index (χ1) is 4.27. The molecular formula is C6H6O3. The predicted octanol–water partition coefficient (Wildman–Crippen LogP) is -0.0260. The van der Waals surface area contributed by atoms with Gasteiger partial charge in [0.1, 0.15) is 0 Å². The van der Waals surface area contributed by atoms with Crippen LogP contribution in [0.15, 0.2) is 24.5 Å². The molecule has 1 aliphatic heterocycles. The Morgan fingerprint density at radius 2 is 2.33 bits per heavy atom. The summed E-state index contributed by atoms with van der Waals surface area (Å²) in [6, 6.07) is 0. The summed E-state index contributed by atoms with van der Waals surface area (Å²) >= 11 is 0. The van der Waals surface area contributed by atoms with Gasteiger partial charge >= 0.3 is 0 Å². The van der Waals surface area contributed by atoms with Crippen LogP contribution < -0.4 is 0 Å². The van der Waals surface area contributed by atoms with Crippen molar-refractivity contribution in [2.75, 3.05) is 0 Å². The fourth-order valence-electron chi connectivity index (χ4n) is 0.493. The van der Waals surface area contributed by atoms with Gasteiger partial charge in [0.2, 0.25) is 0 Å². The molecule has 1 aliphatic rings. The second-order valence-electron chi connectivity index (χ2n) is 1.68. The number of carbonyl (C=O) groups is 1. The third-order valence-corrected chi connectivity index (χ3v) is 0.950. The number of aliphatic hydroxyl groups is 1. The van der Waals surface area contributed by atoms with E-state index in [1.807, 2.05) is 0 Å². The molecule has 0 aromatic heterocycles. The lowest BCUT2D eigenvalue weighted by molar-refractivity contribution is -0.154. The van der Waals surface area contributed by atoms with Gasteiger partial charge in [0, 0.05) is 0 Å². The highest BCUT2D eigenvalue weighted by atomic mass is 16.6. The molecule has 1 unspecified atom stereocenters. The summed E-state index contributed by atoms with van der Waals surface area (Å²) in [5, 5.41) is 8.95. The van der Waals surface area contributed by atoms with E-state index in [1.54, 1.807) is 6.08 Å². The molecule has 3 heteroatoms. The molecule has 0 aliphatic carbocycles. The minimum absolute atomic E-state index is 0.326. The molecule has 1 heterocycles. The molecule has 0 aromatic rings. The van der Waals surface area contributed by atoms with E-state index in [2.05, 4.69) is 4.74 Å². The minimum atomic E-state index is -1.73. The van der Waals surface area contributed by atoms with Gasteiger partial charge < -0.3 is 9.84 Å². The lowest BCUT2D eigenvalue weighted by atomic mass is 10.2. The van der Waals surface area contributed by atoms with E-state index in [1.165, 1.54) is 18.4 Å². The molecule has 48 valence electrons. The Balaban J connectivity index is 2.73. The van der Waals surface area contributed by atoms with E-state index in [0.717, 1.165) is 0 Å². The zero-order valence-electron chi connectivity index (χ0n) is 4.65. The van der Waals surface area contributed by atoms with Crippen LogP contribution >= 0.6 is 0 Å². The van der Waals surface area contributed by atoms with Gasteiger partial charge in [0.05, 0.1) is 6.26 Å². The summed E-state index contributed by atoms with van der Waals surface area (Å²) in [6.45, 7) is 0. The molecule has 0 saturated heterocycles. The maximum atomic E-state index is 10.0. The average molecular weight is 126 g/mol. The van der Waals surface area contributed by atoms with E-state index in [-0.39, 0.29) is 0 Å². The van der Waals surface area contributed by atoms with Crippen molar-refractivity contribution in [3.63, 3.8) is 0 Å². The molecule has 1 rings (SSSR count). The van der Waals surface area contributed by atoms with Crippen LogP contribution in [0.2, 0.25) is 0 Å². The zero-order chi connectivity index (χ0) is 6.74. The van der Waals surface area contributed by atoms with Crippen molar-refractivity contribution in [2.24, 2.45) is 0 Å². The summed E-state index contributed by atoms with van der Waals surface area (Å²) in [5.41, 5.74) is 0. The summed E-state index contributed by atoms with van der Waals surface area (Å²) in [7, 11) is 0. The third-order valence-electron chi connectivity index (χ3n) is 0.950. The maximum Gasteiger partial charge on any atom is 0.284 e. The monoisotopic (exact) mass is 126 g/mol. The normalized spacial score (nSPS) is 31.7. The first-order valence-electron chi connectivity index (χ1n) is 2.48. The number of carbonyl (C=O) groups excluding carboxylic acids is 1. The van der Waals surface area contributed by atoms with Gasteiger partial charge in [-0.25, -0.2) is 0 Å². The van der Waals surface area contributed by atoms with E-state index < -0.39 is 5.79 Å². The molecule has 0 spiro atoms. The Hall–Kier alpha value is -1.09. The van der Waals surface area contributed by atoms with Crippen molar-refractivity contribution in [2.45, 2.75) is 5.79 Å². The zero-order valence-corrected chi connectivity index (χ0v) is 4.65. The molecule has 0 saturated carbocycles. The summed E-state index contributed by atoms with van der Waals surface area (Å²) in [5.74, 6) is -1.73.